The third-order valence-corrected chi connectivity index (χ3v) is 5.88. The molecule has 1 heterocycles. The second-order valence-corrected chi connectivity index (χ2v) is 8.51. The van der Waals surface area contributed by atoms with Gasteiger partial charge in [-0.3, -0.25) is 0 Å². The van der Waals surface area contributed by atoms with Crippen LogP contribution in [-0.2, 0) is 35.1 Å². The third-order valence-electron chi connectivity index (χ3n) is 5.88. The van der Waals surface area contributed by atoms with E-state index in [1.165, 1.54) is 19.3 Å². The van der Waals surface area contributed by atoms with Crippen molar-refractivity contribution in [2.45, 2.75) is 37.6 Å². The normalized spacial score (nSPS) is 18.8. The van der Waals surface area contributed by atoms with Gasteiger partial charge in [0.1, 0.15) is 12.2 Å². The van der Waals surface area contributed by atoms with Crippen molar-refractivity contribution >= 4 is 11.9 Å². The van der Waals surface area contributed by atoms with Crippen molar-refractivity contribution in [1.29, 1.82) is 0 Å². The van der Waals surface area contributed by atoms with Crippen LogP contribution >= 0.6 is 0 Å². The molecule has 7 nitrogen and oxygen atoms in total. The first-order valence-electron chi connectivity index (χ1n) is 12.1. The molecule has 1 saturated heterocycles. The Morgan fingerprint density at radius 2 is 1.59 bits per heavy atom. The fraction of sp³-hybridized carbons (Fsp3) is 0.267. The molecule has 4 rings (SSSR count). The molecule has 0 bridgehead atoms. The van der Waals surface area contributed by atoms with E-state index in [-0.39, 0.29) is 6.42 Å². The molecule has 0 amide bonds. The summed E-state index contributed by atoms with van der Waals surface area (Å²) in [7, 11) is 1.29. The number of esters is 2. The zero-order chi connectivity index (χ0) is 25.9. The highest BCUT2D eigenvalue weighted by atomic mass is 16.7. The maximum Gasteiger partial charge on any atom is 0.338 e. The van der Waals surface area contributed by atoms with E-state index < -0.39 is 36.5 Å². The first-order chi connectivity index (χ1) is 18.1. The van der Waals surface area contributed by atoms with Gasteiger partial charge < -0.3 is 23.7 Å². The maximum atomic E-state index is 12.8. The minimum absolute atomic E-state index is 0.244. The van der Waals surface area contributed by atoms with Gasteiger partial charge in [0.2, 0.25) is 0 Å². The molecule has 7 heteroatoms. The van der Waals surface area contributed by atoms with Crippen LogP contribution in [0.3, 0.4) is 0 Å². The number of ether oxygens (including phenoxy) is 5. The SMILES string of the molecule is COC(=O)/C=C\[C@H](C[C@@H](OCc1ccccc1)[C@@H]1COC(c2ccccc2)O1)OC(=O)c1ccccc1. The van der Waals surface area contributed by atoms with Crippen molar-refractivity contribution in [2.24, 2.45) is 0 Å². The molecule has 0 spiro atoms. The van der Waals surface area contributed by atoms with E-state index in [1.54, 1.807) is 24.3 Å². The van der Waals surface area contributed by atoms with Crippen molar-refractivity contribution < 1.29 is 33.3 Å². The highest BCUT2D eigenvalue weighted by molar-refractivity contribution is 5.89. The van der Waals surface area contributed by atoms with Crippen molar-refractivity contribution in [3.05, 3.63) is 120 Å². The first kappa shape index (κ1) is 26.3. The van der Waals surface area contributed by atoms with Crippen molar-refractivity contribution in [1.82, 2.24) is 0 Å². The van der Waals surface area contributed by atoms with Crippen molar-refractivity contribution in [3.8, 4) is 0 Å². The number of methoxy groups -OCH3 is 1. The summed E-state index contributed by atoms with van der Waals surface area (Å²) in [6.07, 6.45) is 0.792. The van der Waals surface area contributed by atoms with Crippen molar-refractivity contribution in [3.63, 3.8) is 0 Å². The lowest BCUT2D eigenvalue weighted by Crippen LogP contribution is -2.35. The van der Waals surface area contributed by atoms with Crippen LogP contribution in [0.4, 0.5) is 0 Å². The number of benzene rings is 3. The minimum Gasteiger partial charge on any atom is -0.466 e. The number of rotatable bonds is 11. The van der Waals surface area contributed by atoms with E-state index >= 15 is 0 Å². The predicted molar refractivity (Wildman–Crippen MR) is 136 cm³/mol. The average molecular weight is 503 g/mol. The second-order valence-electron chi connectivity index (χ2n) is 8.51. The van der Waals surface area contributed by atoms with E-state index in [4.69, 9.17) is 23.7 Å². The summed E-state index contributed by atoms with van der Waals surface area (Å²) in [6, 6.07) is 28.1. The van der Waals surface area contributed by atoms with Gasteiger partial charge in [-0.15, -0.1) is 0 Å². The van der Waals surface area contributed by atoms with E-state index in [9.17, 15) is 9.59 Å². The topological polar surface area (TPSA) is 80.3 Å². The largest absolute Gasteiger partial charge is 0.466 e. The van der Waals surface area contributed by atoms with Crippen LogP contribution in [0, 0.1) is 0 Å². The lowest BCUT2D eigenvalue weighted by atomic mass is 10.1. The molecule has 0 radical (unpaired) electrons. The van der Waals surface area contributed by atoms with E-state index in [0.717, 1.165) is 11.1 Å². The van der Waals surface area contributed by atoms with Crippen LogP contribution in [0.1, 0.15) is 34.2 Å². The van der Waals surface area contributed by atoms with Crippen LogP contribution < -0.4 is 0 Å². The smallest absolute Gasteiger partial charge is 0.338 e. The standard InChI is InChI=1S/C30H30O7/c1-33-28(31)18-17-25(36-29(32)23-13-7-3-8-14-23)19-26(34-20-22-11-5-2-6-12-22)27-21-35-30(37-27)24-15-9-4-10-16-24/h2-18,25-27,30H,19-21H2,1H3/b18-17-/t25-,26-,27+,30?/m1/s1. The summed E-state index contributed by atoms with van der Waals surface area (Å²) in [5, 5.41) is 0. The van der Waals surface area contributed by atoms with Gasteiger partial charge in [-0.05, 0) is 23.8 Å². The summed E-state index contributed by atoms with van der Waals surface area (Å²) in [5.41, 5.74) is 2.31. The first-order valence-corrected chi connectivity index (χ1v) is 12.1. The lowest BCUT2D eigenvalue weighted by Gasteiger charge is -2.26. The van der Waals surface area contributed by atoms with Gasteiger partial charge >= 0.3 is 11.9 Å². The molecule has 192 valence electrons. The molecule has 1 unspecified atom stereocenters. The van der Waals surface area contributed by atoms with Crippen LogP contribution in [-0.4, -0.2) is 44.0 Å². The van der Waals surface area contributed by atoms with E-state index in [1.807, 2.05) is 66.7 Å². The summed E-state index contributed by atoms with van der Waals surface area (Å²) in [4.78, 5) is 24.6. The van der Waals surface area contributed by atoms with Gasteiger partial charge in [-0.1, -0.05) is 78.9 Å². The van der Waals surface area contributed by atoms with Crippen LogP contribution in [0.25, 0.3) is 0 Å². The fourth-order valence-corrected chi connectivity index (χ4v) is 3.93. The quantitative estimate of drug-likeness (QED) is 0.269. The van der Waals surface area contributed by atoms with Crippen LogP contribution in [0.5, 0.6) is 0 Å². The highest BCUT2D eigenvalue weighted by Gasteiger charge is 2.36. The molecule has 1 aliphatic heterocycles. The number of carbonyl (C=O) groups excluding carboxylic acids is 2. The molecule has 0 aliphatic carbocycles. The number of hydrogen-bond donors (Lipinski definition) is 0. The summed E-state index contributed by atoms with van der Waals surface area (Å²) < 4.78 is 29.0. The highest BCUT2D eigenvalue weighted by Crippen LogP contribution is 2.31. The predicted octanol–water partition coefficient (Wildman–Crippen LogP) is 5.03. The zero-order valence-corrected chi connectivity index (χ0v) is 20.6. The van der Waals surface area contributed by atoms with Gasteiger partial charge in [0.15, 0.2) is 6.29 Å². The summed E-state index contributed by atoms with van der Waals surface area (Å²) >= 11 is 0. The van der Waals surface area contributed by atoms with Gasteiger partial charge in [-0.25, -0.2) is 9.59 Å². The molecule has 0 N–H and O–H groups in total. The van der Waals surface area contributed by atoms with E-state index in [2.05, 4.69) is 0 Å². The van der Waals surface area contributed by atoms with Crippen LogP contribution in [0.2, 0.25) is 0 Å². The Kier molecular flexibility index (Phi) is 9.60. The average Bonchev–Trinajstić information content (AvgIpc) is 3.45. The van der Waals surface area contributed by atoms with Crippen LogP contribution in [0.15, 0.2) is 103 Å². The second kappa shape index (κ2) is 13.5. The molecule has 0 aromatic heterocycles. The Morgan fingerprint density at radius 3 is 2.27 bits per heavy atom. The molecule has 0 saturated carbocycles. The van der Waals surface area contributed by atoms with Crippen molar-refractivity contribution in [2.75, 3.05) is 13.7 Å². The van der Waals surface area contributed by atoms with Gasteiger partial charge in [0.25, 0.3) is 0 Å². The fourth-order valence-electron chi connectivity index (χ4n) is 3.93. The Balaban J connectivity index is 1.52. The Bertz CT molecular complexity index is 1150. The number of hydrogen-bond acceptors (Lipinski definition) is 7. The minimum atomic E-state index is -0.771. The Hall–Kier alpha value is -3.78. The van der Waals surface area contributed by atoms with Gasteiger partial charge in [0, 0.05) is 18.1 Å². The summed E-state index contributed by atoms with van der Waals surface area (Å²) in [6.45, 7) is 0.639. The zero-order valence-electron chi connectivity index (χ0n) is 20.6. The molecule has 3 aromatic carbocycles. The molecule has 37 heavy (non-hydrogen) atoms. The Morgan fingerprint density at radius 1 is 0.946 bits per heavy atom. The monoisotopic (exact) mass is 502 g/mol. The Labute approximate surface area is 216 Å². The third kappa shape index (κ3) is 7.85. The number of carbonyl (C=O) groups is 2. The van der Waals surface area contributed by atoms with E-state index in [0.29, 0.717) is 18.8 Å². The molecular weight excluding hydrogens is 472 g/mol. The molecular formula is C30H30O7. The molecule has 3 aromatic rings. The molecule has 1 aliphatic rings. The summed E-state index contributed by atoms with van der Waals surface area (Å²) in [5.74, 6) is -1.06. The van der Waals surface area contributed by atoms with Gasteiger partial charge in [-0.2, -0.15) is 0 Å². The lowest BCUT2D eigenvalue weighted by molar-refractivity contribution is -0.134. The maximum absolute atomic E-state index is 12.8. The molecule has 4 atom stereocenters. The molecule has 1 fully saturated rings. The van der Waals surface area contributed by atoms with Gasteiger partial charge in [0.05, 0.1) is 32.0 Å².